The second kappa shape index (κ2) is 7.40. The molecule has 3 N–H and O–H groups in total. The third-order valence-electron chi connectivity index (χ3n) is 3.12. The maximum atomic E-state index is 10.2. The number of nitrogens with zero attached hydrogens (tertiary/aromatic N) is 1. The molecule has 1 rings (SSSR count). The Balaban J connectivity index is 2.20. The van der Waals surface area contributed by atoms with E-state index < -0.39 is 5.60 Å². The monoisotopic (exact) mass is 259 g/mol. The minimum absolute atomic E-state index is 0.373. The molecule has 3 atom stereocenters. The maximum absolute atomic E-state index is 10.2. The van der Waals surface area contributed by atoms with E-state index in [2.05, 4.69) is 17.6 Å². The number of hydrogen-bond donors (Lipinski definition) is 3. The SMILES string of the molecule is CC(CC1COCCN1)NCC(C)(O)CN(C)C. The molecule has 1 saturated heterocycles. The summed E-state index contributed by atoms with van der Waals surface area (Å²) in [4.78, 5) is 2.00. The lowest BCUT2D eigenvalue weighted by Gasteiger charge is -2.31. The molecule has 0 saturated carbocycles. The minimum Gasteiger partial charge on any atom is -0.388 e. The van der Waals surface area contributed by atoms with E-state index >= 15 is 0 Å². The summed E-state index contributed by atoms with van der Waals surface area (Å²) in [6.07, 6.45) is 1.03. The molecule has 1 aliphatic heterocycles. The van der Waals surface area contributed by atoms with Crippen LogP contribution in [0.1, 0.15) is 20.3 Å². The molecule has 0 bridgehead atoms. The Hall–Kier alpha value is -0.200. The van der Waals surface area contributed by atoms with E-state index in [1.54, 1.807) is 0 Å². The van der Waals surface area contributed by atoms with Crippen molar-refractivity contribution in [2.24, 2.45) is 0 Å². The maximum Gasteiger partial charge on any atom is 0.0869 e. The zero-order chi connectivity index (χ0) is 13.6. The lowest BCUT2D eigenvalue weighted by molar-refractivity contribution is 0.0296. The van der Waals surface area contributed by atoms with E-state index in [0.29, 0.717) is 25.2 Å². The summed E-state index contributed by atoms with van der Waals surface area (Å²) in [5.41, 5.74) is -0.686. The van der Waals surface area contributed by atoms with Gasteiger partial charge in [0.05, 0.1) is 18.8 Å². The molecule has 5 heteroatoms. The molecule has 1 fully saturated rings. The van der Waals surface area contributed by atoms with Gasteiger partial charge in [0.1, 0.15) is 0 Å². The molecule has 1 aliphatic rings. The number of likely N-dealkylation sites (N-methyl/N-ethyl adjacent to an activating group) is 1. The van der Waals surface area contributed by atoms with Crippen LogP contribution in [0.3, 0.4) is 0 Å². The molecule has 0 aliphatic carbocycles. The highest BCUT2D eigenvalue weighted by molar-refractivity contribution is 4.82. The summed E-state index contributed by atoms with van der Waals surface area (Å²) >= 11 is 0. The zero-order valence-corrected chi connectivity index (χ0v) is 12.2. The van der Waals surface area contributed by atoms with Crippen LogP contribution >= 0.6 is 0 Å². The Kier molecular flexibility index (Phi) is 6.52. The summed E-state index contributed by atoms with van der Waals surface area (Å²) in [5, 5.41) is 17.0. The van der Waals surface area contributed by atoms with Crippen molar-refractivity contribution in [1.29, 1.82) is 0 Å². The molecule has 3 unspecified atom stereocenters. The molecule has 108 valence electrons. The largest absolute Gasteiger partial charge is 0.388 e. The van der Waals surface area contributed by atoms with Crippen LogP contribution in [0.15, 0.2) is 0 Å². The number of hydrogen-bond acceptors (Lipinski definition) is 5. The van der Waals surface area contributed by atoms with Gasteiger partial charge in [-0.2, -0.15) is 0 Å². The van der Waals surface area contributed by atoms with Gasteiger partial charge in [0, 0.05) is 31.7 Å². The summed E-state index contributed by atoms with van der Waals surface area (Å²) in [6, 6.07) is 0.804. The third kappa shape index (κ3) is 6.66. The first-order chi connectivity index (χ1) is 8.39. The van der Waals surface area contributed by atoms with Crippen LogP contribution in [0.4, 0.5) is 0 Å². The van der Waals surface area contributed by atoms with Gasteiger partial charge in [0.2, 0.25) is 0 Å². The van der Waals surface area contributed by atoms with Crippen LogP contribution in [-0.4, -0.2) is 74.6 Å². The first kappa shape index (κ1) is 15.9. The van der Waals surface area contributed by atoms with Gasteiger partial charge < -0.3 is 25.4 Å². The fourth-order valence-electron chi connectivity index (χ4n) is 2.41. The van der Waals surface area contributed by atoms with Gasteiger partial charge in [-0.3, -0.25) is 0 Å². The number of ether oxygens (including phenoxy) is 1. The van der Waals surface area contributed by atoms with Crippen LogP contribution in [0.25, 0.3) is 0 Å². The molecule has 0 aromatic carbocycles. The lowest BCUT2D eigenvalue weighted by Crippen LogP contribution is -2.50. The normalized spacial score (nSPS) is 26.0. The van der Waals surface area contributed by atoms with Crippen molar-refractivity contribution < 1.29 is 9.84 Å². The van der Waals surface area contributed by atoms with Gasteiger partial charge in [-0.25, -0.2) is 0 Å². The molecule has 0 amide bonds. The zero-order valence-electron chi connectivity index (χ0n) is 12.2. The highest BCUT2D eigenvalue weighted by Crippen LogP contribution is 2.06. The third-order valence-corrected chi connectivity index (χ3v) is 3.12. The Morgan fingerprint density at radius 2 is 2.28 bits per heavy atom. The van der Waals surface area contributed by atoms with Crippen molar-refractivity contribution in [2.45, 2.75) is 38.0 Å². The molecule has 0 aromatic rings. The number of morpholine rings is 1. The van der Waals surface area contributed by atoms with Crippen molar-refractivity contribution in [1.82, 2.24) is 15.5 Å². The predicted molar refractivity (Wildman–Crippen MR) is 73.9 cm³/mol. The summed E-state index contributed by atoms with van der Waals surface area (Å²) in [5.74, 6) is 0. The van der Waals surface area contributed by atoms with Crippen molar-refractivity contribution in [3.05, 3.63) is 0 Å². The molecular formula is C13H29N3O2. The van der Waals surface area contributed by atoms with Gasteiger partial charge >= 0.3 is 0 Å². The van der Waals surface area contributed by atoms with Crippen LogP contribution in [-0.2, 0) is 4.74 Å². The summed E-state index contributed by atoms with van der Waals surface area (Å²) in [6.45, 7) is 7.85. The van der Waals surface area contributed by atoms with Crippen LogP contribution < -0.4 is 10.6 Å². The second-order valence-corrected chi connectivity index (χ2v) is 5.98. The molecule has 0 radical (unpaired) electrons. The fourth-order valence-corrected chi connectivity index (χ4v) is 2.41. The molecule has 1 heterocycles. The van der Waals surface area contributed by atoms with Crippen LogP contribution in [0.2, 0.25) is 0 Å². The second-order valence-electron chi connectivity index (χ2n) is 5.98. The Morgan fingerprint density at radius 3 is 2.83 bits per heavy atom. The van der Waals surface area contributed by atoms with Gasteiger partial charge in [-0.1, -0.05) is 0 Å². The van der Waals surface area contributed by atoms with E-state index in [4.69, 9.17) is 4.74 Å². The van der Waals surface area contributed by atoms with E-state index in [1.165, 1.54) is 0 Å². The van der Waals surface area contributed by atoms with Crippen LogP contribution in [0, 0.1) is 0 Å². The molecular weight excluding hydrogens is 230 g/mol. The lowest BCUT2D eigenvalue weighted by atomic mass is 10.0. The summed E-state index contributed by atoms with van der Waals surface area (Å²) in [7, 11) is 3.95. The topological polar surface area (TPSA) is 56.8 Å². The minimum atomic E-state index is -0.686. The van der Waals surface area contributed by atoms with E-state index in [9.17, 15) is 5.11 Å². The highest BCUT2D eigenvalue weighted by atomic mass is 16.5. The van der Waals surface area contributed by atoms with Gasteiger partial charge in [0.15, 0.2) is 0 Å². The van der Waals surface area contributed by atoms with E-state index in [0.717, 1.165) is 26.2 Å². The van der Waals surface area contributed by atoms with Gasteiger partial charge in [-0.15, -0.1) is 0 Å². The van der Waals surface area contributed by atoms with Crippen molar-refractivity contribution in [3.63, 3.8) is 0 Å². The quantitative estimate of drug-likeness (QED) is 0.584. The summed E-state index contributed by atoms with van der Waals surface area (Å²) < 4.78 is 5.43. The van der Waals surface area contributed by atoms with Gasteiger partial charge in [-0.05, 0) is 34.4 Å². The van der Waals surface area contributed by atoms with Gasteiger partial charge in [0.25, 0.3) is 0 Å². The Morgan fingerprint density at radius 1 is 1.56 bits per heavy atom. The number of rotatable bonds is 7. The average molecular weight is 259 g/mol. The highest BCUT2D eigenvalue weighted by Gasteiger charge is 2.23. The molecule has 0 spiro atoms. The first-order valence-electron chi connectivity index (χ1n) is 6.81. The fraction of sp³-hybridized carbons (Fsp3) is 1.00. The first-order valence-corrected chi connectivity index (χ1v) is 6.81. The Labute approximate surface area is 111 Å². The van der Waals surface area contributed by atoms with E-state index in [1.807, 2.05) is 25.9 Å². The molecule has 0 aromatic heterocycles. The predicted octanol–water partition coefficient (Wildman–Crippen LogP) is -0.344. The van der Waals surface area contributed by atoms with Crippen molar-refractivity contribution in [3.8, 4) is 0 Å². The number of nitrogens with one attached hydrogen (secondary N) is 2. The smallest absolute Gasteiger partial charge is 0.0869 e. The van der Waals surface area contributed by atoms with Crippen LogP contribution in [0.5, 0.6) is 0 Å². The average Bonchev–Trinajstić information content (AvgIpc) is 2.26. The standard InChI is InChI=1S/C13H29N3O2/c1-11(7-12-8-18-6-5-14-12)15-9-13(2,17)10-16(3)4/h11-12,14-15,17H,5-10H2,1-4H3. The number of aliphatic hydroxyl groups is 1. The van der Waals surface area contributed by atoms with E-state index in [-0.39, 0.29) is 0 Å². The van der Waals surface area contributed by atoms with Crippen molar-refractivity contribution >= 4 is 0 Å². The molecule has 5 nitrogen and oxygen atoms in total. The molecule has 18 heavy (non-hydrogen) atoms. The Bertz CT molecular complexity index is 228. The van der Waals surface area contributed by atoms with Crippen molar-refractivity contribution in [2.75, 3.05) is 46.9 Å².